The van der Waals surface area contributed by atoms with Crippen molar-refractivity contribution in [1.29, 1.82) is 0 Å². The van der Waals surface area contributed by atoms with Crippen LogP contribution < -0.4 is 10.2 Å². The van der Waals surface area contributed by atoms with E-state index in [0.29, 0.717) is 11.3 Å². The minimum atomic E-state index is -4.46. The van der Waals surface area contributed by atoms with Gasteiger partial charge in [0.25, 0.3) is 5.91 Å². The Morgan fingerprint density at radius 1 is 1.04 bits per heavy atom. The largest absolute Gasteiger partial charge is 0.416 e. The maximum Gasteiger partial charge on any atom is 0.416 e. The van der Waals surface area contributed by atoms with Gasteiger partial charge in [-0.05, 0) is 37.3 Å². The van der Waals surface area contributed by atoms with Crippen LogP contribution in [0.3, 0.4) is 0 Å². The quantitative estimate of drug-likeness (QED) is 0.912. The summed E-state index contributed by atoms with van der Waals surface area (Å²) in [5.41, 5.74) is 1.20. The van der Waals surface area contributed by atoms with Crippen LogP contribution >= 0.6 is 0 Å². The topological polar surface area (TPSA) is 32.3 Å². The summed E-state index contributed by atoms with van der Waals surface area (Å²) in [5, 5.41) is 2.56. The van der Waals surface area contributed by atoms with Crippen LogP contribution in [0.5, 0.6) is 0 Å². The monoisotopic (exact) mass is 322 g/mol. The number of nitrogens with one attached hydrogen (secondary N) is 1. The molecule has 0 aliphatic rings. The second-order valence-corrected chi connectivity index (χ2v) is 5.44. The van der Waals surface area contributed by atoms with E-state index in [0.717, 1.165) is 17.7 Å². The lowest BCUT2D eigenvalue weighted by Crippen LogP contribution is -2.18. The zero-order chi connectivity index (χ0) is 17.2. The Balaban J connectivity index is 2.36. The highest BCUT2D eigenvalue weighted by Crippen LogP contribution is 2.35. The molecule has 0 heterocycles. The van der Waals surface area contributed by atoms with Gasteiger partial charge in [-0.1, -0.05) is 17.7 Å². The molecular weight excluding hydrogens is 305 g/mol. The van der Waals surface area contributed by atoms with Gasteiger partial charge in [-0.25, -0.2) is 0 Å². The number of alkyl halides is 3. The van der Waals surface area contributed by atoms with Crippen LogP contribution in [0.15, 0.2) is 42.5 Å². The molecule has 0 saturated carbocycles. The zero-order valence-corrected chi connectivity index (χ0v) is 13.0. The molecule has 0 saturated heterocycles. The number of carbonyl (C=O) groups is 1. The fourth-order valence-corrected chi connectivity index (χ4v) is 2.10. The summed E-state index contributed by atoms with van der Waals surface area (Å²) < 4.78 is 38.6. The van der Waals surface area contributed by atoms with Crippen molar-refractivity contribution in [3.05, 3.63) is 59.2 Å². The van der Waals surface area contributed by atoms with Crippen LogP contribution in [0.4, 0.5) is 24.5 Å². The van der Waals surface area contributed by atoms with Crippen molar-refractivity contribution in [2.75, 3.05) is 24.3 Å². The molecule has 0 unspecified atom stereocenters. The highest BCUT2D eigenvalue weighted by atomic mass is 19.4. The van der Waals surface area contributed by atoms with Gasteiger partial charge in [0, 0.05) is 19.7 Å². The lowest BCUT2D eigenvalue weighted by Gasteiger charge is -2.20. The molecule has 0 aromatic heterocycles. The number of hydrogen-bond donors (Lipinski definition) is 1. The lowest BCUT2D eigenvalue weighted by atomic mass is 10.1. The van der Waals surface area contributed by atoms with E-state index in [1.54, 1.807) is 43.3 Å². The van der Waals surface area contributed by atoms with Gasteiger partial charge in [0.1, 0.15) is 0 Å². The first-order valence-corrected chi connectivity index (χ1v) is 6.95. The van der Waals surface area contributed by atoms with Gasteiger partial charge >= 0.3 is 6.18 Å². The second kappa shape index (κ2) is 6.32. The predicted molar refractivity (Wildman–Crippen MR) is 84.9 cm³/mol. The average Bonchev–Trinajstić information content (AvgIpc) is 2.46. The summed E-state index contributed by atoms with van der Waals surface area (Å²) in [6.07, 6.45) is -4.46. The van der Waals surface area contributed by atoms with E-state index < -0.39 is 17.6 Å². The molecule has 1 N–H and O–H groups in total. The van der Waals surface area contributed by atoms with Gasteiger partial charge in [-0.3, -0.25) is 4.79 Å². The van der Waals surface area contributed by atoms with E-state index in [2.05, 4.69) is 5.32 Å². The Bertz CT molecular complexity index is 707. The Labute approximate surface area is 132 Å². The van der Waals surface area contributed by atoms with Crippen LogP contribution in [0, 0.1) is 6.92 Å². The van der Waals surface area contributed by atoms with Gasteiger partial charge in [0.05, 0.1) is 16.9 Å². The minimum absolute atomic E-state index is 0.121. The van der Waals surface area contributed by atoms with Crippen LogP contribution in [0.1, 0.15) is 21.5 Å². The molecule has 1 amide bonds. The number of halogens is 3. The van der Waals surface area contributed by atoms with Crippen molar-refractivity contribution in [2.45, 2.75) is 13.1 Å². The van der Waals surface area contributed by atoms with E-state index in [-0.39, 0.29) is 5.69 Å². The molecule has 3 nitrogen and oxygen atoms in total. The van der Waals surface area contributed by atoms with Crippen molar-refractivity contribution >= 4 is 17.3 Å². The average molecular weight is 322 g/mol. The highest BCUT2D eigenvalue weighted by Gasteiger charge is 2.31. The molecule has 0 bridgehead atoms. The lowest BCUT2D eigenvalue weighted by molar-refractivity contribution is -0.137. The number of hydrogen-bond acceptors (Lipinski definition) is 2. The van der Waals surface area contributed by atoms with Crippen molar-refractivity contribution in [2.24, 2.45) is 0 Å². The normalized spacial score (nSPS) is 11.2. The minimum Gasteiger partial charge on any atom is -0.376 e. The first-order valence-electron chi connectivity index (χ1n) is 6.95. The standard InChI is InChI=1S/C17H17F3N2O/c1-11-4-6-12(7-5-11)16(23)21-14-10-13(17(18,19)20)8-9-15(14)22(2)3/h4-10H,1-3H3,(H,21,23). The summed E-state index contributed by atoms with van der Waals surface area (Å²) in [5.74, 6) is -0.451. The maximum absolute atomic E-state index is 12.9. The Morgan fingerprint density at radius 2 is 1.65 bits per heavy atom. The molecule has 6 heteroatoms. The molecule has 2 rings (SSSR count). The Hall–Kier alpha value is -2.50. The highest BCUT2D eigenvalue weighted by molar-refractivity contribution is 6.06. The van der Waals surface area contributed by atoms with E-state index in [1.165, 1.54) is 6.07 Å². The molecule has 0 atom stereocenters. The van der Waals surface area contributed by atoms with Crippen molar-refractivity contribution in [3.63, 3.8) is 0 Å². The third kappa shape index (κ3) is 4.03. The van der Waals surface area contributed by atoms with Crippen molar-refractivity contribution in [1.82, 2.24) is 0 Å². The number of rotatable bonds is 3. The van der Waals surface area contributed by atoms with Gasteiger partial charge < -0.3 is 10.2 Å². The number of benzene rings is 2. The molecule has 0 aliphatic heterocycles. The molecule has 2 aromatic rings. The molecule has 122 valence electrons. The molecule has 0 aliphatic carbocycles. The first kappa shape index (κ1) is 16.9. The molecule has 0 spiro atoms. The van der Waals surface area contributed by atoms with E-state index in [1.807, 2.05) is 6.92 Å². The van der Waals surface area contributed by atoms with Gasteiger partial charge in [-0.2, -0.15) is 13.2 Å². The third-order valence-corrected chi connectivity index (χ3v) is 3.37. The molecule has 23 heavy (non-hydrogen) atoms. The third-order valence-electron chi connectivity index (χ3n) is 3.37. The summed E-state index contributed by atoms with van der Waals surface area (Å²) in [7, 11) is 3.40. The number of amides is 1. The van der Waals surface area contributed by atoms with Gasteiger partial charge in [0.15, 0.2) is 0 Å². The van der Waals surface area contributed by atoms with Crippen LogP contribution in [0.2, 0.25) is 0 Å². The first-order chi connectivity index (χ1) is 10.7. The van der Waals surface area contributed by atoms with E-state index in [9.17, 15) is 18.0 Å². The smallest absolute Gasteiger partial charge is 0.376 e. The van der Waals surface area contributed by atoms with Crippen LogP contribution in [0.25, 0.3) is 0 Å². The molecular formula is C17H17F3N2O. The number of nitrogens with zero attached hydrogens (tertiary/aromatic N) is 1. The summed E-state index contributed by atoms with van der Waals surface area (Å²) in [6, 6.07) is 10.1. The van der Waals surface area contributed by atoms with Gasteiger partial charge in [-0.15, -0.1) is 0 Å². The summed E-state index contributed by atoms with van der Waals surface area (Å²) >= 11 is 0. The molecule has 0 radical (unpaired) electrons. The predicted octanol–water partition coefficient (Wildman–Crippen LogP) is 4.33. The van der Waals surface area contributed by atoms with E-state index >= 15 is 0 Å². The fourth-order valence-electron chi connectivity index (χ4n) is 2.10. The second-order valence-electron chi connectivity index (χ2n) is 5.44. The van der Waals surface area contributed by atoms with Crippen molar-refractivity contribution in [3.8, 4) is 0 Å². The molecule has 2 aromatic carbocycles. The number of carbonyl (C=O) groups excluding carboxylic acids is 1. The van der Waals surface area contributed by atoms with Crippen LogP contribution in [-0.4, -0.2) is 20.0 Å². The van der Waals surface area contributed by atoms with Crippen LogP contribution in [-0.2, 0) is 6.18 Å². The van der Waals surface area contributed by atoms with Crippen molar-refractivity contribution < 1.29 is 18.0 Å². The maximum atomic E-state index is 12.9. The SMILES string of the molecule is Cc1ccc(C(=O)Nc2cc(C(F)(F)F)ccc2N(C)C)cc1. The van der Waals surface area contributed by atoms with Gasteiger partial charge in [0.2, 0.25) is 0 Å². The number of anilines is 2. The summed E-state index contributed by atoms with van der Waals surface area (Å²) in [6.45, 7) is 1.89. The zero-order valence-electron chi connectivity index (χ0n) is 13.0. The summed E-state index contributed by atoms with van der Waals surface area (Å²) in [4.78, 5) is 13.9. The number of aryl methyl sites for hydroxylation is 1. The molecule has 0 fully saturated rings. The fraction of sp³-hybridized carbons (Fsp3) is 0.235. The van der Waals surface area contributed by atoms with E-state index in [4.69, 9.17) is 0 Å². The Morgan fingerprint density at radius 3 is 2.17 bits per heavy atom. The Kier molecular flexibility index (Phi) is 4.63.